The van der Waals surface area contributed by atoms with Gasteiger partial charge in [-0.25, -0.2) is 0 Å². The summed E-state index contributed by atoms with van der Waals surface area (Å²) in [6.07, 6.45) is 2.33. The number of carbonyl (C=O) groups excluding carboxylic acids is 1. The minimum absolute atomic E-state index is 0.202. The SMILES string of the molecule is CNCC1CCN(c2ccc(C(=O)NC)nn2)CC1. The highest BCUT2D eigenvalue weighted by molar-refractivity contribution is 5.91. The third-order valence-corrected chi connectivity index (χ3v) is 3.54. The lowest BCUT2D eigenvalue weighted by atomic mass is 9.97. The Bertz CT molecular complexity index is 412. The lowest BCUT2D eigenvalue weighted by Crippen LogP contribution is -2.37. The number of hydrogen-bond acceptors (Lipinski definition) is 5. The van der Waals surface area contributed by atoms with Crippen LogP contribution in [0.25, 0.3) is 0 Å². The summed E-state index contributed by atoms with van der Waals surface area (Å²) in [7, 11) is 3.58. The molecule has 2 N–H and O–H groups in total. The largest absolute Gasteiger partial charge is 0.355 e. The predicted octanol–water partition coefficient (Wildman–Crippen LogP) is 0.272. The molecule has 1 aromatic heterocycles. The van der Waals surface area contributed by atoms with Crippen LogP contribution in [0.5, 0.6) is 0 Å². The third kappa shape index (κ3) is 3.41. The zero-order chi connectivity index (χ0) is 13.7. The molecule has 0 aromatic carbocycles. The Kier molecular flexibility index (Phi) is 4.68. The van der Waals surface area contributed by atoms with Gasteiger partial charge in [0, 0.05) is 20.1 Å². The molecule has 6 nitrogen and oxygen atoms in total. The van der Waals surface area contributed by atoms with Crippen LogP contribution in [0.3, 0.4) is 0 Å². The number of nitrogens with zero attached hydrogens (tertiary/aromatic N) is 3. The van der Waals surface area contributed by atoms with Gasteiger partial charge in [-0.15, -0.1) is 10.2 Å². The van der Waals surface area contributed by atoms with Gasteiger partial charge in [-0.05, 0) is 44.5 Å². The van der Waals surface area contributed by atoms with E-state index in [2.05, 4.69) is 25.7 Å². The van der Waals surface area contributed by atoms with E-state index in [9.17, 15) is 4.79 Å². The second kappa shape index (κ2) is 6.47. The first kappa shape index (κ1) is 13.7. The average Bonchev–Trinajstić information content (AvgIpc) is 2.48. The fourth-order valence-electron chi connectivity index (χ4n) is 2.40. The van der Waals surface area contributed by atoms with E-state index < -0.39 is 0 Å². The van der Waals surface area contributed by atoms with Crippen molar-refractivity contribution in [2.24, 2.45) is 5.92 Å². The minimum Gasteiger partial charge on any atom is -0.355 e. The minimum atomic E-state index is -0.202. The highest BCUT2D eigenvalue weighted by Crippen LogP contribution is 2.20. The summed E-state index contributed by atoms with van der Waals surface area (Å²) >= 11 is 0. The normalized spacial score (nSPS) is 16.4. The lowest BCUT2D eigenvalue weighted by Gasteiger charge is -2.32. The fraction of sp³-hybridized carbons (Fsp3) is 0.615. The number of carbonyl (C=O) groups is 1. The Balaban J connectivity index is 1.94. The molecule has 1 amide bonds. The summed E-state index contributed by atoms with van der Waals surface area (Å²) in [5.41, 5.74) is 0.358. The molecule has 1 saturated heterocycles. The zero-order valence-electron chi connectivity index (χ0n) is 11.5. The smallest absolute Gasteiger partial charge is 0.271 e. The Morgan fingerprint density at radius 2 is 2.05 bits per heavy atom. The van der Waals surface area contributed by atoms with E-state index >= 15 is 0 Å². The molecular weight excluding hydrogens is 242 g/mol. The quantitative estimate of drug-likeness (QED) is 0.816. The van der Waals surface area contributed by atoms with Gasteiger partial charge in [0.1, 0.15) is 0 Å². The van der Waals surface area contributed by atoms with Gasteiger partial charge >= 0.3 is 0 Å². The number of nitrogens with one attached hydrogen (secondary N) is 2. The summed E-state index contributed by atoms with van der Waals surface area (Å²) < 4.78 is 0. The van der Waals surface area contributed by atoms with Crippen LogP contribution in [0.15, 0.2) is 12.1 Å². The van der Waals surface area contributed by atoms with Gasteiger partial charge in [0.05, 0.1) is 0 Å². The molecule has 2 rings (SSSR count). The number of piperidine rings is 1. The fourth-order valence-corrected chi connectivity index (χ4v) is 2.40. The number of hydrogen-bond donors (Lipinski definition) is 2. The Labute approximate surface area is 113 Å². The van der Waals surface area contributed by atoms with Gasteiger partial charge in [0.15, 0.2) is 11.5 Å². The molecule has 0 radical (unpaired) electrons. The van der Waals surface area contributed by atoms with E-state index in [1.807, 2.05) is 13.1 Å². The molecular formula is C13H21N5O. The molecule has 0 aliphatic carbocycles. The van der Waals surface area contributed by atoms with Crippen LogP contribution in [0.1, 0.15) is 23.3 Å². The van der Waals surface area contributed by atoms with Gasteiger partial charge in [-0.1, -0.05) is 0 Å². The van der Waals surface area contributed by atoms with E-state index in [4.69, 9.17) is 0 Å². The van der Waals surface area contributed by atoms with E-state index in [1.165, 1.54) is 12.8 Å². The van der Waals surface area contributed by atoms with E-state index in [0.717, 1.165) is 31.4 Å². The first-order valence-corrected chi connectivity index (χ1v) is 6.70. The van der Waals surface area contributed by atoms with Crippen LogP contribution in [0, 0.1) is 5.92 Å². The van der Waals surface area contributed by atoms with Crippen molar-refractivity contribution in [2.75, 3.05) is 38.6 Å². The van der Waals surface area contributed by atoms with Crippen molar-refractivity contribution in [1.29, 1.82) is 0 Å². The van der Waals surface area contributed by atoms with Crippen molar-refractivity contribution in [2.45, 2.75) is 12.8 Å². The van der Waals surface area contributed by atoms with Crippen LogP contribution >= 0.6 is 0 Å². The standard InChI is InChI=1S/C13H21N5O/c1-14-9-10-5-7-18(8-6-10)12-4-3-11(16-17-12)13(19)15-2/h3-4,10,14H,5-9H2,1-2H3,(H,15,19). The number of rotatable bonds is 4. The molecule has 1 aliphatic rings. The van der Waals surface area contributed by atoms with E-state index in [1.54, 1.807) is 13.1 Å². The highest BCUT2D eigenvalue weighted by Gasteiger charge is 2.20. The van der Waals surface area contributed by atoms with Crippen LogP contribution in [0.4, 0.5) is 5.82 Å². The molecule has 6 heteroatoms. The van der Waals surface area contributed by atoms with Gasteiger partial charge in [-0.2, -0.15) is 0 Å². The molecule has 0 spiro atoms. The molecule has 0 bridgehead atoms. The Morgan fingerprint density at radius 3 is 2.58 bits per heavy atom. The average molecular weight is 263 g/mol. The van der Waals surface area contributed by atoms with Crippen molar-refractivity contribution in [3.8, 4) is 0 Å². The highest BCUT2D eigenvalue weighted by atomic mass is 16.1. The van der Waals surface area contributed by atoms with Crippen LogP contribution in [-0.2, 0) is 0 Å². The van der Waals surface area contributed by atoms with Crippen molar-refractivity contribution >= 4 is 11.7 Å². The molecule has 19 heavy (non-hydrogen) atoms. The van der Waals surface area contributed by atoms with Crippen molar-refractivity contribution in [3.63, 3.8) is 0 Å². The van der Waals surface area contributed by atoms with Crippen LogP contribution < -0.4 is 15.5 Å². The second-order valence-corrected chi connectivity index (χ2v) is 4.84. The summed E-state index contributed by atoms with van der Waals surface area (Å²) in [5.74, 6) is 1.40. The number of anilines is 1. The first-order chi connectivity index (χ1) is 9.24. The van der Waals surface area contributed by atoms with Gasteiger partial charge in [-0.3, -0.25) is 4.79 Å². The van der Waals surface area contributed by atoms with Crippen molar-refractivity contribution in [3.05, 3.63) is 17.8 Å². The van der Waals surface area contributed by atoms with Crippen molar-refractivity contribution < 1.29 is 4.79 Å². The zero-order valence-corrected chi connectivity index (χ0v) is 11.5. The van der Waals surface area contributed by atoms with Gasteiger partial charge < -0.3 is 15.5 Å². The molecule has 1 aromatic rings. The molecule has 2 heterocycles. The maximum atomic E-state index is 11.4. The van der Waals surface area contributed by atoms with Gasteiger partial charge in [0.25, 0.3) is 5.91 Å². The van der Waals surface area contributed by atoms with Gasteiger partial charge in [0.2, 0.25) is 0 Å². The summed E-state index contributed by atoms with van der Waals surface area (Å²) in [5, 5.41) is 13.9. The van der Waals surface area contributed by atoms with Crippen LogP contribution in [-0.4, -0.2) is 49.8 Å². The Hall–Kier alpha value is -1.69. The van der Waals surface area contributed by atoms with Crippen molar-refractivity contribution in [1.82, 2.24) is 20.8 Å². The number of amides is 1. The molecule has 1 fully saturated rings. The van der Waals surface area contributed by atoms with Crippen LogP contribution in [0.2, 0.25) is 0 Å². The second-order valence-electron chi connectivity index (χ2n) is 4.84. The molecule has 0 unspecified atom stereocenters. The number of aromatic nitrogens is 2. The predicted molar refractivity (Wildman–Crippen MR) is 74.3 cm³/mol. The molecule has 0 saturated carbocycles. The maximum absolute atomic E-state index is 11.4. The summed E-state index contributed by atoms with van der Waals surface area (Å²) in [6, 6.07) is 3.59. The topological polar surface area (TPSA) is 70.2 Å². The lowest BCUT2D eigenvalue weighted by molar-refractivity contribution is 0.0957. The first-order valence-electron chi connectivity index (χ1n) is 6.70. The van der Waals surface area contributed by atoms with E-state index in [0.29, 0.717) is 5.69 Å². The Morgan fingerprint density at radius 1 is 1.32 bits per heavy atom. The summed E-state index contributed by atoms with van der Waals surface area (Å²) in [4.78, 5) is 13.6. The summed E-state index contributed by atoms with van der Waals surface area (Å²) in [6.45, 7) is 3.08. The molecule has 0 atom stereocenters. The third-order valence-electron chi connectivity index (χ3n) is 3.54. The maximum Gasteiger partial charge on any atom is 0.271 e. The van der Waals surface area contributed by atoms with E-state index in [-0.39, 0.29) is 5.91 Å². The molecule has 1 aliphatic heterocycles. The molecule has 104 valence electrons. The monoisotopic (exact) mass is 263 g/mol.